The Morgan fingerprint density at radius 1 is 1.25 bits per heavy atom. The van der Waals surface area contributed by atoms with Gasteiger partial charge in [-0.1, -0.05) is 20.8 Å². The fourth-order valence-electron chi connectivity index (χ4n) is 3.78. The van der Waals surface area contributed by atoms with Crippen LogP contribution in [0.25, 0.3) is 0 Å². The van der Waals surface area contributed by atoms with E-state index in [2.05, 4.69) is 20.8 Å². The van der Waals surface area contributed by atoms with E-state index in [9.17, 15) is 4.79 Å². The third kappa shape index (κ3) is 2.66. The fraction of sp³-hybridized carbons (Fsp3) is 0.933. The first-order valence-corrected chi connectivity index (χ1v) is 7.46. The Balaban J connectivity index is 1.98. The lowest BCUT2D eigenvalue weighted by atomic mass is 9.48. The largest absolute Gasteiger partial charge is 0.465 e. The molecule has 0 aromatic carbocycles. The van der Waals surface area contributed by atoms with Crippen molar-refractivity contribution < 1.29 is 19.7 Å². The van der Waals surface area contributed by atoms with Crippen molar-refractivity contribution in [2.45, 2.75) is 52.1 Å². The number of carboxylic acid groups (broad SMARTS) is 1. The molecule has 2 rings (SSSR count). The van der Waals surface area contributed by atoms with Crippen LogP contribution in [0.15, 0.2) is 0 Å². The first kappa shape index (κ1) is 15.6. The summed E-state index contributed by atoms with van der Waals surface area (Å²) in [6.07, 6.45) is 3.02. The molecular weight excluding hydrogens is 258 g/mol. The van der Waals surface area contributed by atoms with Crippen molar-refractivity contribution in [1.29, 1.82) is 0 Å². The van der Waals surface area contributed by atoms with E-state index in [1.54, 1.807) is 0 Å². The van der Waals surface area contributed by atoms with Crippen molar-refractivity contribution in [1.82, 2.24) is 4.90 Å². The molecule has 2 N–H and O–H groups in total. The van der Waals surface area contributed by atoms with Crippen molar-refractivity contribution in [3.63, 3.8) is 0 Å². The van der Waals surface area contributed by atoms with Crippen molar-refractivity contribution in [2.75, 3.05) is 26.3 Å². The summed E-state index contributed by atoms with van der Waals surface area (Å²) in [6, 6.07) is 0. The molecule has 116 valence electrons. The van der Waals surface area contributed by atoms with Crippen molar-refractivity contribution in [3.8, 4) is 0 Å². The number of hydrogen-bond donors (Lipinski definition) is 2. The summed E-state index contributed by atoms with van der Waals surface area (Å²) < 4.78 is 6.00. The van der Waals surface area contributed by atoms with Gasteiger partial charge in [-0.05, 0) is 36.5 Å². The molecule has 2 fully saturated rings. The molecule has 5 heteroatoms. The molecule has 1 aliphatic carbocycles. The minimum Gasteiger partial charge on any atom is -0.465 e. The van der Waals surface area contributed by atoms with Crippen LogP contribution in [0, 0.1) is 10.8 Å². The van der Waals surface area contributed by atoms with Crippen LogP contribution in [0.1, 0.15) is 46.5 Å². The zero-order chi connectivity index (χ0) is 15.0. The average Bonchev–Trinajstić information content (AvgIpc) is 2.32. The number of carbonyl (C=O) groups is 1. The van der Waals surface area contributed by atoms with Crippen LogP contribution in [0.2, 0.25) is 0 Å². The van der Waals surface area contributed by atoms with Crippen LogP contribution in [-0.2, 0) is 4.74 Å². The second-order valence-electron chi connectivity index (χ2n) is 7.44. The molecule has 0 atom stereocenters. The maximum Gasteiger partial charge on any atom is 0.407 e. The number of aliphatic hydroxyl groups excluding tert-OH is 1. The minimum absolute atomic E-state index is 0.0390. The van der Waals surface area contributed by atoms with Crippen LogP contribution in [0.5, 0.6) is 0 Å². The van der Waals surface area contributed by atoms with E-state index in [-0.39, 0.29) is 23.0 Å². The third-order valence-corrected chi connectivity index (χ3v) is 5.25. The molecule has 0 aromatic heterocycles. The van der Waals surface area contributed by atoms with Gasteiger partial charge in [0.05, 0.1) is 18.8 Å². The van der Waals surface area contributed by atoms with E-state index >= 15 is 0 Å². The topological polar surface area (TPSA) is 70.0 Å². The van der Waals surface area contributed by atoms with E-state index in [0.717, 1.165) is 25.7 Å². The number of ether oxygens (including phenoxy) is 1. The van der Waals surface area contributed by atoms with Gasteiger partial charge in [-0.15, -0.1) is 0 Å². The van der Waals surface area contributed by atoms with Crippen molar-refractivity contribution in [3.05, 3.63) is 0 Å². The predicted molar refractivity (Wildman–Crippen MR) is 75.7 cm³/mol. The Labute approximate surface area is 120 Å². The van der Waals surface area contributed by atoms with Crippen LogP contribution in [-0.4, -0.2) is 53.1 Å². The molecule has 1 heterocycles. The van der Waals surface area contributed by atoms with Gasteiger partial charge in [-0.25, -0.2) is 4.79 Å². The van der Waals surface area contributed by atoms with E-state index in [4.69, 9.17) is 14.9 Å². The van der Waals surface area contributed by atoms with Crippen LogP contribution < -0.4 is 0 Å². The first-order chi connectivity index (χ1) is 9.24. The van der Waals surface area contributed by atoms with Gasteiger partial charge >= 0.3 is 6.09 Å². The highest BCUT2D eigenvalue weighted by atomic mass is 16.5. The summed E-state index contributed by atoms with van der Waals surface area (Å²) in [5.74, 6) is 0. The molecule has 20 heavy (non-hydrogen) atoms. The van der Waals surface area contributed by atoms with Gasteiger partial charge < -0.3 is 19.8 Å². The Morgan fingerprint density at radius 3 is 2.20 bits per heavy atom. The van der Waals surface area contributed by atoms with Gasteiger partial charge in [0, 0.05) is 13.1 Å². The Morgan fingerprint density at radius 2 is 1.80 bits per heavy atom. The molecule has 1 saturated heterocycles. The number of rotatable bonds is 3. The van der Waals surface area contributed by atoms with E-state index < -0.39 is 6.09 Å². The minimum atomic E-state index is -0.808. The summed E-state index contributed by atoms with van der Waals surface area (Å²) in [5, 5.41) is 18.0. The number of nitrogens with zero attached hydrogens (tertiary/aromatic N) is 1. The number of likely N-dealkylation sites (tertiary alicyclic amines) is 1. The second kappa shape index (κ2) is 5.19. The lowest BCUT2D eigenvalue weighted by molar-refractivity contribution is -0.235. The maximum absolute atomic E-state index is 11.0. The van der Waals surface area contributed by atoms with Gasteiger partial charge in [-0.2, -0.15) is 0 Å². The molecule has 1 spiro atoms. The maximum atomic E-state index is 11.0. The summed E-state index contributed by atoms with van der Waals surface area (Å²) >= 11 is 0. The highest BCUT2D eigenvalue weighted by Crippen LogP contribution is 2.62. The molecule has 5 nitrogen and oxygen atoms in total. The normalized spacial score (nSPS) is 24.5. The van der Waals surface area contributed by atoms with Crippen LogP contribution in [0.4, 0.5) is 4.79 Å². The Bertz CT molecular complexity index is 359. The number of aliphatic hydroxyl groups is 1. The Hall–Kier alpha value is -0.810. The van der Waals surface area contributed by atoms with Crippen molar-refractivity contribution >= 4 is 6.09 Å². The van der Waals surface area contributed by atoms with Gasteiger partial charge in [0.1, 0.15) is 0 Å². The third-order valence-electron chi connectivity index (χ3n) is 5.25. The molecule has 2 aliphatic rings. The summed E-state index contributed by atoms with van der Waals surface area (Å²) in [6.45, 7) is 8.26. The average molecular weight is 285 g/mol. The fourth-order valence-corrected chi connectivity index (χ4v) is 3.78. The number of piperidine rings is 1. The second-order valence-corrected chi connectivity index (χ2v) is 7.44. The van der Waals surface area contributed by atoms with E-state index in [1.807, 2.05) is 0 Å². The molecule has 0 bridgehead atoms. The standard InChI is InChI=1S/C15H27NO4/c1-13(2,3)15(20-9-8-17)10-14(11-15)4-6-16(7-5-14)12(18)19/h17H,4-11H2,1-3H3,(H,18,19). The molecule has 1 amide bonds. The summed E-state index contributed by atoms with van der Waals surface area (Å²) in [7, 11) is 0. The molecular formula is C15H27NO4. The van der Waals surface area contributed by atoms with Gasteiger partial charge in [0.25, 0.3) is 0 Å². The number of amides is 1. The van der Waals surface area contributed by atoms with Crippen molar-refractivity contribution in [2.24, 2.45) is 10.8 Å². The number of hydrogen-bond acceptors (Lipinski definition) is 3. The lowest BCUT2D eigenvalue weighted by Crippen LogP contribution is -2.63. The van der Waals surface area contributed by atoms with E-state index in [0.29, 0.717) is 19.7 Å². The lowest BCUT2D eigenvalue weighted by Gasteiger charge is -2.63. The van der Waals surface area contributed by atoms with Gasteiger partial charge in [0.2, 0.25) is 0 Å². The molecule has 1 saturated carbocycles. The zero-order valence-electron chi connectivity index (χ0n) is 12.8. The Kier molecular flexibility index (Phi) is 4.04. The smallest absolute Gasteiger partial charge is 0.407 e. The first-order valence-electron chi connectivity index (χ1n) is 7.46. The highest BCUT2D eigenvalue weighted by Gasteiger charge is 2.60. The molecule has 0 aromatic rings. The zero-order valence-corrected chi connectivity index (χ0v) is 12.8. The molecule has 0 unspecified atom stereocenters. The summed E-state index contributed by atoms with van der Waals surface area (Å²) in [5.41, 5.74) is 0.118. The van der Waals surface area contributed by atoms with Crippen LogP contribution in [0.3, 0.4) is 0 Å². The predicted octanol–water partition coefficient (Wildman–Crippen LogP) is 2.33. The molecule has 0 radical (unpaired) electrons. The SMILES string of the molecule is CC(C)(C)C1(OCCO)CC2(CCN(C(=O)O)CC2)C1. The van der Waals surface area contributed by atoms with Gasteiger partial charge in [0.15, 0.2) is 0 Å². The van der Waals surface area contributed by atoms with Crippen LogP contribution >= 0.6 is 0 Å². The van der Waals surface area contributed by atoms with Gasteiger partial charge in [-0.3, -0.25) is 0 Å². The summed E-state index contributed by atoms with van der Waals surface area (Å²) in [4.78, 5) is 12.5. The quantitative estimate of drug-likeness (QED) is 0.835. The highest BCUT2D eigenvalue weighted by molar-refractivity contribution is 5.65. The molecule has 1 aliphatic heterocycles. The van der Waals surface area contributed by atoms with E-state index in [1.165, 1.54) is 4.90 Å². The monoisotopic (exact) mass is 285 g/mol.